The minimum Gasteiger partial charge on any atom is -0.493 e. The van der Waals surface area contributed by atoms with E-state index < -0.39 is 0 Å². The lowest BCUT2D eigenvalue weighted by Crippen LogP contribution is -2.42. The Balaban J connectivity index is 2.16. The predicted octanol–water partition coefficient (Wildman–Crippen LogP) is 1.38. The van der Waals surface area contributed by atoms with Crippen molar-refractivity contribution >= 4 is 0 Å². The third-order valence-electron chi connectivity index (χ3n) is 3.27. The van der Waals surface area contributed by atoms with Gasteiger partial charge in [-0.25, -0.2) is 0 Å². The number of benzene rings is 1. The second-order valence-electron chi connectivity index (χ2n) is 4.44. The lowest BCUT2D eigenvalue weighted by atomic mass is 10.1. The van der Waals surface area contributed by atoms with Gasteiger partial charge in [-0.15, -0.1) is 0 Å². The fourth-order valence-corrected chi connectivity index (χ4v) is 2.21. The van der Waals surface area contributed by atoms with Crippen molar-refractivity contribution in [1.82, 2.24) is 4.90 Å². The van der Waals surface area contributed by atoms with Crippen LogP contribution in [0.4, 0.5) is 0 Å². The predicted molar refractivity (Wildman–Crippen MR) is 73.5 cm³/mol. The van der Waals surface area contributed by atoms with Gasteiger partial charge in [-0.3, -0.25) is 4.90 Å². The highest BCUT2D eigenvalue weighted by Crippen LogP contribution is 2.30. The van der Waals surface area contributed by atoms with E-state index in [4.69, 9.17) is 19.9 Å². The van der Waals surface area contributed by atoms with E-state index in [0.29, 0.717) is 6.61 Å². The summed E-state index contributed by atoms with van der Waals surface area (Å²) in [5.41, 5.74) is 7.33. The van der Waals surface area contributed by atoms with Gasteiger partial charge in [-0.05, 0) is 24.6 Å². The van der Waals surface area contributed by atoms with Gasteiger partial charge in [0.05, 0.1) is 33.1 Å². The minimum atomic E-state index is -0.131. The summed E-state index contributed by atoms with van der Waals surface area (Å²) in [5, 5.41) is 0. The first kappa shape index (κ1) is 14.1. The maximum atomic E-state index is 6.30. The fourth-order valence-electron chi connectivity index (χ4n) is 2.21. The van der Waals surface area contributed by atoms with Crippen LogP contribution in [0.5, 0.6) is 11.5 Å². The third-order valence-corrected chi connectivity index (χ3v) is 3.27. The Labute approximate surface area is 114 Å². The van der Waals surface area contributed by atoms with Gasteiger partial charge in [0.25, 0.3) is 0 Å². The molecule has 0 saturated carbocycles. The van der Waals surface area contributed by atoms with Crippen molar-refractivity contribution in [3.05, 3.63) is 23.8 Å². The van der Waals surface area contributed by atoms with Gasteiger partial charge in [0.15, 0.2) is 11.5 Å². The Bertz CT molecular complexity index is 406. The molecule has 0 bridgehead atoms. The van der Waals surface area contributed by atoms with Crippen molar-refractivity contribution in [3.8, 4) is 11.5 Å². The van der Waals surface area contributed by atoms with E-state index in [0.717, 1.165) is 43.4 Å². The molecule has 0 aromatic heterocycles. The molecule has 1 atom stereocenters. The Morgan fingerprint density at radius 3 is 2.68 bits per heavy atom. The molecule has 0 amide bonds. The first-order valence-corrected chi connectivity index (χ1v) is 6.64. The summed E-state index contributed by atoms with van der Waals surface area (Å²) in [4.78, 5) is 2.21. The maximum Gasteiger partial charge on any atom is 0.161 e. The van der Waals surface area contributed by atoms with Crippen LogP contribution >= 0.6 is 0 Å². The van der Waals surface area contributed by atoms with Crippen LogP contribution < -0.4 is 15.2 Å². The Hall–Kier alpha value is -1.30. The van der Waals surface area contributed by atoms with Gasteiger partial charge in [-0.1, -0.05) is 6.07 Å². The molecule has 1 heterocycles. The van der Waals surface area contributed by atoms with E-state index in [2.05, 4.69) is 4.90 Å². The van der Waals surface area contributed by atoms with E-state index in [9.17, 15) is 0 Å². The summed E-state index contributed by atoms with van der Waals surface area (Å²) in [6.45, 7) is 5.75. The molecule has 1 aromatic rings. The van der Waals surface area contributed by atoms with E-state index in [1.54, 1.807) is 7.11 Å². The molecular formula is C14H22N2O3. The number of hydrogen-bond donors (Lipinski definition) is 1. The van der Waals surface area contributed by atoms with Crippen LogP contribution in [0.2, 0.25) is 0 Å². The molecule has 0 spiro atoms. The average Bonchev–Trinajstić information content (AvgIpc) is 2.47. The number of nitrogens with zero attached hydrogens (tertiary/aromatic N) is 1. The minimum absolute atomic E-state index is 0.131. The van der Waals surface area contributed by atoms with Crippen LogP contribution in [0.25, 0.3) is 0 Å². The first-order chi connectivity index (χ1) is 9.26. The van der Waals surface area contributed by atoms with E-state index >= 15 is 0 Å². The molecule has 0 aliphatic carbocycles. The topological polar surface area (TPSA) is 57.0 Å². The number of hydrogen-bond acceptors (Lipinski definition) is 5. The lowest BCUT2D eigenvalue weighted by Gasteiger charge is -2.32. The van der Waals surface area contributed by atoms with E-state index in [-0.39, 0.29) is 6.17 Å². The maximum absolute atomic E-state index is 6.30. The number of methoxy groups -OCH3 is 1. The lowest BCUT2D eigenvalue weighted by molar-refractivity contribution is 0.0173. The molecule has 1 aromatic carbocycles. The second-order valence-corrected chi connectivity index (χ2v) is 4.44. The highest BCUT2D eigenvalue weighted by Gasteiger charge is 2.20. The molecule has 1 fully saturated rings. The quantitative estimate of drug-likeness (QED) is 0.872. The van der Waals surface area contributed by atoms with Crippen molar-refractivity contribution in [2.75, 3.05) is 40.0 Å². The Morgan fingerprint density at radius 1 is 1.32 bits per heavy atom. The highest BCUT2D eigenvalue weighted by molar-refractivity contribution is 5.43. The number of rotatable bonds is 5. The number of morpholine rings is 1. The molecule has 0 radical (unpaired) electrons. The van der Waals surface area contributed by atoms with Crippen LogP contribution in [-0.2, 0) is 4.74 Å². The van der Waals surface area contributed by atoms with Gasteiger partial charge in [0.2, 0.25) is 0 Å². The van der Waals surface area contributed by atoms with Crippen LogP contribution in [0.15, 0.2) is 18.2 Å². The van der Waals surface area contributed by atoms with Gasteiger partial charge in [-0.2, -0.15) is 0 Å². The number of nitrogens with two attached hydrogens (primary N) is 1. The molecule has 2 N–H and O–H groups in total. The fraction of sp³-hybridized carbons (Fsp3) is 0.571. The molecule has 1 unspecified atom stereocenters. The number of ether oxygens (including phenoxy) is 3. The SMILES string of the molecule is CCOc1cc(C(N)N2CCOCC2)ccc1OC. The zero-order chi connectivity index (χ0) is 13.7. The van der Waals surface area contributed by atoms with Gasteiger partial charge < -0.3 is 19.9 Å². The summed E-state index contributed by atoms with van der Waals surface area (Å²) >= 11 is 0. The van der Waals surface area contributed by atoms with Crippen LogP contribution in [-0.4, -0.2) is 44.9 Å². The van der Waals surface area contributed by atoms with Crippen LogP contribution in [0.3, 0.4) is 0 Å². The molecular weight excluding hydrogens is 244 g/mol. The summed E-state index contributed by atoms with van der Waals surface area (Å²) in [5.74, 6) is 1.48. The normalized spacial score (nSPS) is 18.1. The first-order valence-electron chi connectivity index (χ1n) is 6.64. The summed E-state index contributed by atoms with van der Waals surface area (Å²) in [6.07, 6.45) is -0.131. The van der Waals surface area contributed by atoms with Crippen LogP contribution in [0, 0.1) is 0 Å². The molecule has 1 saturated heterocycles. The third kappa shape index (κ3) is 3.37. The zero-order valence-corrected chi connectivity index (χ0v) is 11.6. The zero-order valence-electron chi connectivity index (χ0n) is 11.6. The van der Waals surface area contributed by atoms with Crippen LogP contribution in [0.1, 0.15) is 18.7 Å². The molecule has 5 heteroatoms. The Morgan fingerprint density at radius 2 is 2.05 bits per heavy atom. The van der Waals surface area contributed by atoms with E-state index in [1.807, 2.05) is 25.1 Å². The molecule has 1 aliphatic heterocycles. The molecule has 19 heavy (non-hydrogen) atoms. The van der Waals surface area contributed by atoms with Crippen molar-refractivity contribution in [2.45, 2.75) is 13.1 Å². The monoisotopic (exact) mass is 266 g/mol. The summed E-state index contributed by atoms with van der Waals surface area (Å²) in [7, 11) is 1.64. The summed E-state index contributed by atoms with van der Waals surface area (Å²) < 4.78 is 16.2. The smallest absolute Gasteiger partial charge is 0.161 e. The highest BCUT2D eigenvalue weighted by atomic mass is 16.5. The van der Waals surface area contributed by atoms with Gasteiger partial charge in [0.1, 0.15) is 0 Å². The standard InChI is InChI=1S/C14H22N2O3/c1-3-19-13-10-11(4-5-12(13)17-2)14(15)16-6-8-18-9-7-16/h4-5,10,14H,3,6-9,15H2,1-2H3. The summed E-state index contributed by atoms with van der Waals surface area (Å²) in [6, 6.07) is 5.85. The van der Waals surface area contributed by atoms with Crippen molar-refractivity contribution < 1.29 is 14.2 Å². The van der Waals surface area contributed by atoms with Gasteiger partial charge in [0, 0.05) is 13.1 Å². The molecule has 5 nitrogen and oxygen atoms in total. The molecule has 106 valence electrons. The molecule has 1 aliphatic rings. The van der Waals surface area contributed by atoms with Crippen molar-refractivity contribution in [1.29, 1.82) is 0 Å². The van der Waals surface area contributed by atoms with E-state index in [1.165, 1.54) is 0 Å². The van der Waals surface area contributed by atoms with Gasteiger partial charge >= 0.3 is 0 Å². The van der Waals surface area contributed by atoms with Crippen molar-refractivity contribution in [2.24, 2.45) is 5.73 Å². The Kier molecular flexibility index (Phi) is 5.01. The second kappa shape index (κ2) is 6.75. The molecule has 2 rings (SSSR count). The largest absolute Gasteiger partial charge is 0.493 e. The van der Waals surface area contributed by atoms with Crippen molar-refractivity contribution in [3.63, 3.8) is 0 Å². The average molecular weight is 266 g/mol.